The zero-order valence-electron chi connectivity index (χ0n) is 37.0. The molecule has 350 valence electrons. The fourth-order valence-electron chi connectivity index (χ4n) is 7.01. The Morgan fingerprint density at radius 3 is 1.45 bits per heavy atom. The number of phosphoric ester groups is 1. The molecule has 0 amide bonds. The second-order valence-corrected chi connectivity index (χ2v) is 17.6. The topological polar surface area (TPSA) is 210 Å². The lowest BCUT2D eigenvalue weighted by molar-refractivity contribution is -0.220. The zero-order chi connectivity index (χ0) is 44.3. The van der Waals surface area contributed by atoms with Crippen LogP contribution in [0.2, 0.25) is 0 Å². The van der Waals surface area contributed by atoms with Crippen LogP contribution >= 0.6 is 7.82 Å². The van der Waals surface area contributed by atoms with Crippen molar-refractivity contribution in [1.29, 1.82) is 0 Å². The summed E-state index contributed by atoms with van der Waals surface area (Å²) in [7, 11) is -5.12. The smallest absolute Gasteiger partial charge is 0.462 e. The van der Waals surface area contributed by atoms with Crippen LogP contribution in [0.3, 0.4) is 0 Å². The van der Waals surface area contributed by atoms with E-state index in [-0.39, 0.29) is 12.8 Å². The van der Waals surface area contributed by atoms with E-state index >= 15 is 0 Å². The molecule has 0 aliphatic heterocycles. The maximum Gasteiger partial charge on any atom is 0.472 e. The van der Waals surface area contributed by atoms with Gasteiger partial charge in [0, 0.05) is 12.8 Å². The van der Waals surface area contributed by atoms with Crippen molar-refractivity contribution in [1.82, 2.24) is 0 Å². The molecule has 60 heavy (non-hydrogen) atoms. The van der Waals surface area contributed by atoms with Gasteiger partial charge in [-0.1, -0.05) is 166 Å². The Kier molecular flexibility index (Phi) is 34.2. The summed E-state index contributed by atoms with van der Waals surface area (Å²) in [5.74, 6) is -1.11. The average Bonchev–Trinajstić information content (AvgIpc) is 3.23. The quantitative estimate of drug-likeness (QED) is 0.0148. The van der Waals surface area contributed by atoms with Crippen molar-refractivity contribution >= 4 is 19.8 Å². The molecule has 0 radical (unpaired) electrons. The molecule has 1 saturated carbocycles. The first kappa shape index (κ1) is 56.1. The van der Waals surface area contributed by atoms with Crippen LogP contribution in [0, 0.1) is 0 Å². The number of hydrogen-bond donors (Lipinski definition) is 6. The molecule has 0 spiro atoms. The molecular formula is C46H83O13P. The number of rotatable bonds is 38. The molecule has 1 aliphatic rings. The molecule has 6 N–H and O–H groups in total. The lowest BCUT2D eigenvalue weighted by Crippen LogP contribution is -2.64. The molecule has 6 atom stereocenters. The normalized spacial score (nSPS) is 22.5. The van der Waals surface area contributed by atoms with E-state index in [1.54, 1.807) is 0 Å². The molecule has 1 aliphatic carbocycles. The van der Waals surface area contributed by atoms with Crippen molar-refractivity contribution in [2.45, 2.75) is 230 Å². The molecule has 1 rings (SSSR count). The Morgan fingerprint density at radius 2 is 0.950 bits per heavy atom. The minimum atomic E-state index is -5.12. The van der Waals surface area contributed by atoms with Crippen LogP contribution in [0.1, 0.15) is 187 Å². The second-order valence-electron chi connectivity index (χ2n) is 16.2. The van der Waals surface area contributed by atoms with Gasteiger partial charge in [0.2, 0.25) is 0 Å². The summed E-state index contributed by atoms with van der Waals surface area (Å²) in [5.41, 5.74) is 0. The summed E-state index contributed by atoms with van der Waals surface area (Å²) in [6.45, 7) is 3.18. The standard InChI is InChI=1S/C46H83O13P/c1-3-5-7-9-11-13-15-17-19-21-22-24-26-28-30-32-34-39(47)56-36-38(37-57-60(54,55)59-46-44(52)42(50)41(49)43(51)45(46)53)58-40(48)35-33-31-29-27-25-23-20-18-16-14-12-10-8-6-4-2/h6,8,12,14,18,20,38,41-46,49-53H,3-5,7,9-11,13,15-17,19,21-37H2,1-2H3,(H,54,55)/b8-6-,14-12-,20-18-. The van der Waals surface area contributed by atoms with Gasteiger partial charge in [0.25, 0.3) is 0 Å². The lowest BCUT2D eigenvalue weighted by Gasteiger charge is -2.41. The Bertz CT molecular complexity index is 1190. The van der Waals surface area contributed by atoms with E-state index in [1.807, 2.05) is 0 Å². The van der Waals surface area contributed by atoms with Gasteiger partial charge in [-0.3, -0.25) is 18.6 Å². The Hall–Kier alpha value is -1.93. The predicted octanol–water partition coefficient (Wildman–Crippen LogP) is 9.00. The highest BCUT2D eigenvalue weighted by atomic mass is 31.2. The van der Waals surface area contributed by atoms with E-state index in [9.17, 15) is 44.6 Å². The lowest BCUT2D eigenvalue weighted by atomic mass is 9.85. The highest BCUT2D eigenvalue weighted by molar-refractivity contribution is 7.47. The van der Waals surface area contributed by atoms with Crippen LogP contribution < -0.4 is 0 Å². The summed E-state index contributed by atoms with van der Waals surface area (Å²) in [6, 6.07) is 0. The number of allylic oxidation sites excluding steroid dienone is 6. The van der Waals surface area contributed by atoms with Gasteiger partial charge in [-0.05, 0) is 44.9 Å². The van der Waals surface area contributed by atoms with Gasteiger partial charge in [0.1, 0.15) is 43.2 Å². The summed E-state index contributed by atoms with van der Waals surface area (Å²) < 4.78 is 33.5. The molecule has 0 saturated heterocycles. The number of unbranched alkanes of at least 4 members (excludes halogenated alkanes) is 20. The van der Waals surface area contributed by atoms with E-state index in [4.69, 9.17) is 18.5 Å². The van der Waals surface area contributed by atoms with E-state index in [1.165, 1.54) is 77.0 Å². The third-order valence-corrected chi connectivity index (χ3v) is 11.7. The summed E-state index contributed by atoms with van der Waals surface area (Å²) in [5, 5.41) is 50.1. The molecule has 0 bridgehead atoms. The highest BCUT2D eigenvalue weighted by Crippen LogP contribution is 2.47. The SMILES string of the molecule is CC/C=C\C/C=C\C/C=C\CCCCCCCC(=O)OC(COC(=O)CCCCCCCCCCCCCCCCCC)COP(=O)(O)OC1C(O)C(O)C(O)C(O)C1O. The molecular weight excluding hydrogens is 791 g/mol. The Labute approximate surface area is 361 Å². The minimum absolute atomic E-state index is 0.0785. The van der Waals surface area contributed by atoms with Gasteiger partial charge in [0.15, 0.2) is 6.10 Å². The van der Waals surface area contributed by atoms with E-state index in [2.05, 4.69) is 50.3 Å². The predicted molar refractivity (Wildman–Crippen MR) is 235 cm³/mol. The number of esters is 2. The van der Waals surface area contributed by atoms with Gasteiger partial charge in [-0.25, -0.2) is 4.57 Å². The van der Waals surface area contributed by atoms with Crippen LogP contribution in [0.5, 0.6) is 0 Å². The number of aliphatic hydroxyl groups excluding tert-OH is 5. The molecule has 0 aromatic rings. The number of phosphoric acid groups is 1. The van der Waals surface area contributed by atoms with Crippen molar-refractivity contribution in [3.8, 4) is 0 Å². The number of aliphatic hydroxyl groups is 5. The molecule has 0 aromatic heterocycles. The molecule has 13 nitrogen and oxygen atoms in total. The van der Waals surface area contributed by atoms with Crippen molar-refractivity contribution in [2.75, 3.05) is 13.2 Å². The highest BCUT2D eigenvalue weighted by Gasteiger charge is 2.51. The van der Waals surface area contributed by atoms with Crippen LogP contribution in [0.4, 0.5) is 0 Å². The fraction of sp³-hybridized carbons (Fsp3) is 0.826. The number of ether oxygens (including phenoxy) is 2. The van der Waals surface area contributed by atoms with Crippen molar-refractivity contribution < 1.29 is 63.1 Å². The van der Waals surface area contributed by atoms with Crippen LogP contribution in [0.25, 0.3) is 0 Å². The van der Waals surface area contributed by atoms with Gasteiger partial charge in [-0.2, -0.15) is 0 Å². The number of carbonyl (C=O) groups is 2. The first-order valence-electron chi connectivity index (χ1n) is 23.3. The third kappa shape index (κ3) is 28.6. The van der Waals surface area contributed by atoms with Gasteiger partial charge >= 0.3 is 19.8 Å². The van der Waals surface area contributed by atoms with Gasteiger partial charge in [0.05, 0.1) is 6.61 Å². The fourth-order valence-corrected chi connectivity index (χ4v) is 7.98. The van der Waals surface area contributed by atoms with Crippen LogP contribution in [-0.4, -0.2) is 98.3 Å². The second kappa shape index (κ2) is 36.5. The van der Waals surface area contributed by atoms with E-state index < -0.39 is 75.7 Å². The molecule has 1 fully saturated rings. The molecule has 0 aromatic carbocycles. The van der Waals surface area contributed by atoms with Crippen LogP contribution in [-0.2, 0) is 32.7 Å². The first-order chi connectivity index (χ1) is 28.9. The minimum Gasteiger partial charge on any atom is -0.462 e. The zero-order valence-corrected chi connectivity index (χ0v) is 37.9. The third-order valence-electron chi connectivity index (χ3n) is 10.7. The molecule has 0 heterocycles. The van der Waals surface area contributed by atoms with E-state index in [0.717, 1.165) is 70.6 Å². The van der Waals surface area contributed by atoms with E-state index in [0.29, 0.717) is 12.8 Å². The summed E-state index contributed by atoms with van der Waals surface area (Å²) >= 11 is 0. The largest absolute Gasteiger partial charge is 0.472 e. The van der Waals surface area contributed by atoms with Crippen LogP contribution in [0.15, 0.2) is 36.5 Å². The number of carbonyl (C=O) groups excluding carboxylic acids is 2. The summed E-state index contributed by atoms with van der Waals surface area (Å²) in [4.78, 5) is 35.7. The van der Waals surface area contributed by atoms with Crippen molar-refractivity contribution in [2.24, 2.45) is 0 Å². The van der Waals surface area contributed by atoms with Crippen molar-refractivity contribution in [3.63, 3.8) is 0 Å². The maximum atomic E-state index is 12.8. The maximum absolute atomic E-state index is 12.8. The monoisotopic (exact) mass is 875 g/mol. The molecule has 6 unspecified atom stereocenters. The van der Waals surface area contributed by atoms with Crippen molar-refractivity contribution in [3.05, 3.63) is 36.5 Å². The van der Waals surface area contributed by atoms with Gasteiger partial charge < -0.3 is 39.9 Å². The average molecular weight is 875 g/mol. The summed E-state index contributed by atoms with van der Waals surface area (Å²) in [6.07, 6.45) is 27.7. The Morgan fingerprint density at radius 1 is 0.533 bits per heavy atom. The molecule has 14 heteroatoms. The Balaban J connectivity index is 2.46. The number of hydrogen-bond acceptors (Lipinski definition) is 12. The van der Waals surface area contributed by atoms with Gasteiger partial charge in [-0.15, -0.1) is 0 Å². The first-order valence-corrected chi connectivity index (χ1v) is 24.8.